The summed E-state index contributed by atoms with van der Waals surface area (Å²) >= 11 is 0. The summed E-state index contributed by atoms with van der Waals surface area (Å²) in [4.78, 5) is 0. The maximum Gasteiger partial charge on any atom is 1.00 e. The molecule has 0 radical (unpaired) electrons. The molecule has 0 aliphatic rings. The van der Waals surface area contributed by atoms with Gasteiger partial charge in [-0.2, -0.15) is 0 Å². The predicted octanol–water partition coefficient (Wildman–Crippen LogP) is -17.7. The van der Waals surface area contributed by atoms with E-state index in [4.69, 9.17) is 60.3 Å². The van der Waals surface area contributed by atoms with Gasteiger partial charge in [0.25, 0.3) is 0 Å². The van der Waals surface area contributed by atoms with E-state index in [1.807, 2.05) is 0 Å². The summed E-state index contributed by atoms with van der Waals surface area (Å²) in [6, 6.07) is 0. The van der Waals surface area contributed by atoms with Gasteiger partial charge in [-0.15, -0.1) is 0 Å². The Labute approximate surface area is 185 Å². The molecular weight excluding hydrogens is 402 g/mol. The Kier molecular flexibility index (Phi) is 326. The third-order valence-corrected chi connectivity index (χ3v) is 0. The first-order chi connectivity index (χ1) is 6.93. The Morgan fingerprint density at radius 3 is 0.280 bits per heavy atom. The van der Waals surface area contributed by atoms with Crippen molar-refractivity contribution in [2.45, 2.75) is 0 Å². The van der Waals surface area contributed by atoms with Crippen LogP contribution in [0.5, 0.6) is 0 Å². The van der Waals surface area contributed by atoms with Crippen molar-refractivity contribution >= 4 is 29.3 Å². The molecule has 0 atom stereocenters. The molecule has 0 aliphatic heterocycles. The average molecular weight is 432 g/mol. The SMILES string of the molecule is O.O.O.O.O.O.O.O.OB(O)O.OB(O)O.OB(O)O.OB(O)O.[H-].[K+]. The standard InChI is InChI=1S/4BH3O3.K.8H2O.H/c4*2-1(3)4;;;;;;;;;;/h4*2-4H;;8*1H2;/q;;;;+1;;;;;;;;;-1. The average Bonchev–Trinajstić information content (AvgIpc) is 1.76. The topological polar surface area (TPSA) is 495 Å². The summed E-state index contributed by atoms with van der Waals surface area (Å²) in [6.07, 6.45) is 0. The molecule has 25 heteroatoms. The Morgan fingerprint density at radius 2 is 0.280 bits per heavy atom. The van der Waals surface area contributed by atoms with Crippen molar-refractivity contribution < 1.29 is 157 Å². The van der Waals surface area contributed by atoms with Crippen LogP contribution in [0.25, 0.3) is 0 Å². The molecule has 0 fully saturated rings. The van der Waals surface area contributed by atoms with Gasteiger partial charge in [-0.3, -0.25) is 0 Å². The van der Waals surface area contributed by atoms with Gasteiger partial charge in [0.2, 0.25) is 0 Å². The minimum absolute atomic E-state index is 0. The smallest absolute Gasteiger partial charge is 1.00 e. The van der Waals surface area contributed by atoms with E-state index in [2.05, 4.69) is 0 Å². The zero-order valence-electron chi connectivity index (χ0n) is 13.7. The fourth-order valence-corrected chi connectivity index (χ4v) is 0. The summed E-state index contributed by atoms with van der Waals surface area (Å²) in [6.45, 7) is 0. The second kappa shape index (κ2) is 85.0. The van der Waals surface area contributed by atoms with Crippen molar-refractivity contribution in [1.29, 1.82) is 0 Å². The van der Waals surface area contributed by atoms with Crippen LogP contribution in [-0.4, -0.2) is 133 Å². The van der Waals surface area contributed by atoms with Crippen molar-refractivity contribution in [3.05, 3.63) is 0 Å². The van der Waals surface area contributed by atoms with Gasteiger partial charge in [-0.25, -0.2) is 0 Å². The van der Waals surface area contributed by atoms with Crippen LogP contribution in [-0.2, 0) is 0 Å². The zero-order chi connectivity index (χ0) is 14.3. The monoisotopic (exact) mass is 432 g/mol. The number of hydrogen-bond acceptors (Lipinski definition) is 12. The third kappa shape index (κ3) is 11100. The van der Waals surface area contributed by atoms with Crippen LogP contribution in [0, 0.1) is 0 Å². The maximum absolute atomic E-state index is 7.17. The minimum Gasteiger partial charge on any atom is -1.00 e. The van der Waals surface area contributed by atoms with Crippen LogP contribution in [0.2, 0.25) is 0 Å². The van der Waals surface area contributed by atoms with E-state index < -0.39 is 29.3 Å². The van der Waals surface area contributed by atoms with Crippen molar-refractivity contribution in [2.24, 2.45) is 0 Å². The fraction of sp³-hybridized carbons (Fsp3) is 0. The van der Waals surface area contributed by atoms with Gasteiger partial charge in [-0.1, -0.05) is 0 Å². The minimum atomic E-state index is -2.17. The van der Waals surface area contributed by atoms with E-state index in [-0.39, 0.29) is 96.6 Å². The van der Waals surface area contributed by atoms with Gasteiger partial charge in [0.1, 0.15) is 0 Å². The second-order valence-electron chi connectivity index (χ2n) is 1.39. The van der Waals surface area contributed by atoms with Crippen molar-refractivity contribution in [3.63, 3.8) is 0 Å². The van der Waals surface area contributed by atoms with Gasteiger partial charge in [0, 0.05) is 0 Å². The normalized spacial score (nSPS) is 4.32. The molecule has 0 heterocycles. The summed E-state index contributed by atoms with van der Waals surface area (Å²) in [5, 5.41) is 86.0. The zero-order valence-corrected chi connectivity index (χ0v) is 15.8. The molecule has 0 bridgehead atoms. The van der Waals surface area contributed by atoms with Crippen LogP contribution in [0.3, 0.4) is 0 Å². The molecular formula is H29B4KO20. The largest absolute Gasteiger partial charge is 1.00 e. The molecule has 0 amide bonds. The summed E-state index contributed by atoms with van der Waals surface area (Å²) in [5.74, 6) is 0. The molecule has 25 heavy (non-hydrogen) atoms. The van der Waals surface area contributed by atoms with Crippen LogP contribution < -0.4 is 51.4 Å². The van der Waals surface area contributed by atoms with Gasteiger partial charge in [-0.05, 0) is 0 Å². The van der Waals surface area contributed by atoms with Crippen LogP contribution >= 0.6 is 0 Å². The Balaban J connectivity index is -0.00000000545. The molecule has 0 spiro atoms. The third-order valence-electron chi connectivity index (χ3n) is 0. The molecule has 20 nitrogen and oxygen atoms in total. The van der Waals surface area contributed by atoms with E-state index in [0.29, 0.717) is 0 Å². The van der Waals surface area contributed by atoms with Gasteiger partial charge in [0.05, 0.1) is 0 Å². The maximum atomic E-state index is 7.17. The quantitative estimate of drug-likeness (QED) is 0.159. The van der Waals surface area contributed by atoms with Gasteiger partial charge >= 0.3 is 80.7 Å². The summed E-state index contributed by atoms with van der Waals surface area (Å²) in [5.41, 5.74) is 0. The Morgan fingerprint density at radius 1 is 0.280 bits per heavy atom. The van der Waals surface area contributed by atoms with Crippen molar-refractivity contribution in [3.8, 4) is 0 Å². The first kappa shape index (κ1) is 95.8. The van der Waals surface area contributed by atoms with E-state index in [1.165, 1.54) is 0 Å². The van der Waals surface area contributed by atoms with E-state index in [1.54, 1.807) is 0 Å². The molecule has 0 saturated carbocycles. The second-order valence-corrected chi connectivity index (χ2v) is 1.39. The Hall–Kier alpha value is 1.10. The molecule has 0 aliphatic carbocycles. The van der Waals surface area contributed by atoms with Crippen LogP contribution in [0.4, 0.5) is 0 Å². The molecule has 0 aromatic rings. The predicted molar refractivity (Wildman–Crippen MR) is 79.7 cm³/mol. The first-order valence-electron chi connectivity index (χ1n) is 3.10. The van der Waals surface area contributed by atoms with Crippen LogP contribution in [0.1, 0.15) is 1.43 Å². The first-order valence-corrected chi connectivity index (χ1v) is 3.10. The van der Waals surface area contributed by atoms with Crippen molar-refractivity contribution in [2.75, 3.05) is 0 Å². The van der Waals surface area contributed by atoms with Crippen LogP contribution in [0.15, 0.2) is 0 Å². The molecule has 0 aromatic carbocycles. The van der Waals surface area contributed by atoms with Crippen molar-refractivity contribution in [1.82, 2.24) is 0 Å². The van der Waals surface area contributed by atoms with Gasteiger partial charge < -0.3 is 106 Å². The molecule has 0 rings (SSSR count). The molecule has 0 aromatic heterocycles. The number of rotatable bonds is 0. The van der Waals surface area contributed by atoms with Gasteiger partial charge in [0.15, 0.2) is 0 Å². The summed E-state index contributed by atoms with van der Waals surface area (Å²) in [7, 11) is -8.67. The Bertz CT molecular complexity index is 70.8. The molecule has 28 N–H and O–H groups in total. The molecule has 162 valence electrons. The number of hydrogen-bond donors (Lipinski definition) is 12. The molecule has 0 saturated heterocycles. The molecule has 0 unspecified atom stereocenters. The van der Waals surface area contributed by atoms with E-state index in [0.717, 1.165) is 0 Å². The fourth-order valence-electron chi connectivity index (χ4n) is 0. The van der Waals surface area contributed by atoms with E-state index in [9.17, 15) is 0 Å². The summed E-state index contributed by atoms with van der Waals surface area (Å²) < 4.78 is 0. The van der Waals surface area contributed by atoms with E-state index >= 15 is 0 Å².